The molecule has 3 aliphatic rings. The van der Waals surface area contributed by atoms with Crippen molar-refractivity contribution < 1.29 is 23.9 Å². The summed E-state index contributed by atoms with van der Waals surface area (Å²) in [4.78, 5) is 41.2. The van der Waals surface area contributed by atoms with Gasteiger partial charge in [-0.1, -0.05) is 29.8 Å². The van der Waals surface area contributed by atoms with E-state index in [9.17, 15) is 14.4 Å². The number of ether oxygens (including phenoxy) is 2. The third kappa shape index (κ3) is 10.3. The number of hydrogen-bond donors (Lipinski definition) is 2. The van der Waals surface area contributed by atoms with Crippen LogP contribution in [0.3, 0.4) is 0 Å². The molecule has 10 heteroatoms. The van der Waals surface area contributed by atoms with Crippen molar-refractivity contribution in [2.45, 2.75) is 64.4 Å². The minimum atomic E-state index is -0.527. The van der Waals surface area contributed by atoms with Crippen LogP contribution < -0.4 is 10.6 Å². The van der Waals surface area contributed by atoms with Crippen LogP contribution >= 0.6 is 11.6 Å². The van der Waals surface area contributed by atoms with E-state index in [4.69, 9.17) is 21.1 Å². The van der Waals surface area contributed by atoms with Gasteiger partial charge in [0.25, 0.3) is 5.91 Å². The van der Waals surface area contributed by atoms with Gasteiger partial charge in [0, 0.05) is 61.2 Å². The van der Waals surface area contributed by atoms with E-state index in [1.807, 2.05) is 51.4 Å². The van der Waals surface area contributed by atoms with Crippen LogP contribution in [0.5, 0.6) is 0 Å². The Balaban J connectivity index is 1.21. The second-order valence-electron chi connectivity index (χ2n) is 12.1. The number of carbonyl (C=O) groups excluding carboxylic acids is 3. The van der Waals surface area contributed by atoms with Crippen LogP contribution in [-0.4, -0.2) is 72.5 Å². The molecule has 0 bridgehead atoms. The minimum absolute atomic E-state index is 0.0805. The average Bonchev–Trinajstić information content (AvgIpc) is 2.97. The Morgan fingerprint density at radius 2 is 1.84 bits per heavy atom. The summed E-state index contributed by atoms with van der Waals surface area (Å²) in [5, 5.41) is 6.31. The largest absolute Gasteiger partial charge is 0.462 e. The first-order valence-corrected chi connectivity index (χ1v) is 15.4. The molecule has 2 aliphatic heterocycles. The van der Waals surface area contributed by atoms with Gasteiger partial charge in [0.2, 0.25) is 0 Å². The third-order valence-corrected chi connectivity index (χ3v) is 7.75. The topological polar surface area (TPSA) is 100 Å². The van der Waals surface area contributed by atoms with E-state index in [1.165, 1.54) is 0 Å². The standard InChI is InChI=1S/C33H43ClN4O5/c1-33(2,3)43-32(41)36-14-5-4-13-35-31(40)29-22-26(34)9-10-28(29)24-11-15-37(16-12-24)17-18-38-19-20-42-30(23-38)25-7-6-8-27(39)21-25/h6-10,19-20,22-24H,4-5,11-18,21H2,1-3H3,(H,35,40)(H,36,41). The van der Waals surface area contributed by atoms with Crippen molar-refractivity contribution in [3.05, 3.63) is 82.6 Å². The highest BCUT2D eigenvalue weighted by Crippen LogP contribution is 2.32. The number of rotatable bonds is 11. The summed E-state index contributed by atoms with van der Waals surface area (Å²) in [5.74, 6) is 0.958. The van der Waals surface area contributed by atoms with Gasteiger partial charge in [-0.15, -0.1) is 0 Å². The fourth-order valence-electron chi connectivity index (χ4n) is 5.31. The summed E-state index contributed by atoms with van der Waals surface area (Å²) in [6.45, 7) is 10.1. The highest BCUT2D eigenvalue weighted by molar-refractivity contribution is 6.31. The molecular formula is C33H43ClN4O5. The molecule has 2 amide bonds. The Hall–Kier alpha value is -3.56. The number of nitrogens with zero attached hydrogens (tertiary/aromatic N) is 2. The van der Waals surface area contributed by atoms with E-state index in [1.54, 1.807) is 24.5 Å². The summed E-state index contributed by atoms with van der Waals surface area (Å²) in [6.07, 6.45) is 14.1. The molecule has 0 unspecified atom stereocenters. The smallest absolute Gasteiger partial charge is 0.407 e. The van der Waals surface area contributed by atoms with Gasteiger partial charge in [0.1, 0.15) is 17.6 Å². The zero-order valence-corrected chi connectivity index (χ0v) is 26.1. The van der Waals surface area contributed by atoms with Crippen LogP contribution in [0.2, 0.25) is 5.02 Å². The normalized spacial score (nSPS) is 17.7. The Morgan fingerprint density at radius 1 is 1.09 bits per heavy atom. The summed E-state index contributed by atoms with van der Waals surface area (Å²) in [7, 11) is 0. The van der Waals surface area contributed by atoms with Gasteiger partial charge in [0.05, 0.1) is 0 Å². The lowest BCUT2D eigenvalue weighted by atomic mass is 9.86. The van der Waals surface area contributed by atoms with Crippen LogP contribution in [0.15, 0.2) is 66.4 Å². The van der Waals surface area contributed by atoms with Gasteiger partial charge in [0.15, 0.2) is 5.78 Å². The summed E-state index contributed by atoms with van der Waals surface area (Å²) in [5.41, 5.74) is 2.04. The first kappa shape index (κ1) is 32.4. The van der Waals surface area contributed by atoms with E-state index in [2.05, 4.69) is 20.4 Å². The van der Waals surface area contributed by atoms with Crippen molar-refractivity contribution in [2.24, 2.45) is 0 Å². The van der Waals surface area contributed by atoms with Gasteiger partial charge in [-0.2, -0.15) is 0 Å². The molecule has 0 aromatic heterocycles. The number of ketones is 1. The maximum Gasteiger partial charge on any atom is 0.407 e. The maximum absolute atomic E-state index is 13.1. The zero-order valence-electron chi connectivity index (χ0n) is 25.4. The number of amides is 2. The Morgan fingerprint density at radius 3 is 2.56 bits per heavy atom. The fourth-order valence-corrected chi connectivity index (χ4v) is 5.48. The molecule has 0 atom stereocenters. The van der Waals surface area contributed by atoms with Gasteiger partial charge in [-0.25, -0.2) is 4.79 Å². The molecule has 0 saturated carbocycles. The van der Waals surface area contributed by atoms with Gasteiger partial charge >= 0.3 is 6.09 Å². The van der Waals surface area contributed by atoms with Gasteiger partial charge < -0.3 is 29.9 Å². The first-order chi connectivity index (χ1) is 20.6. The second kappa shape index (κ2) is 15.3. The lowest BCUT2D eigenvalue weighted by molar-refractivity contribution is -0.114. The summed E-state index contributed by atoms with van der Waals surface area (Å²) in [6, 6.07) is 5.62. The highest BCUT2D eigenvalue weighted by Gasteiger charge is 2.25. The number of hydrogen-bond acceptors (Lipinski definition) is 7. The molecule has 43 heavy (non-hydrogen) atoms. The maximum atomic E-state index is 13.1. The highest BCUT2D eigenvalue weighted by atomic mass is 35.5. The molecule has 1 saturated heterocycles. The van der Waals surface area contributed by atoms with E-state index >= 15 is 0 Å². The van der Waals surface area contributed by atoms with Crippen LogP contribution in [0, 0.1) is 0 Å². The number of nitrogens with one attached hydrogen (secondary N) is 2. The summed E-state index contributed by atoms with van der Waals surface area (Å²) < 4.78 is 10.9. The lowest BCUT2D eigenvalue weighted by Crippen LogP contribution is -2.38. The number of carbonyl (C=O) groups is 3. The van der Waals surface area contributed by atoms with Crippen LogP contribution in [-0.2, 0) is 14.3 Å². The molecule has 232 valence electrons. The predicted octanol–water partition coefficient (Wildman–Crippen LogP) is 5.65. The molecular weight excluding hydrogens is 568 g/mol. The van der Waals surface area contributed by atoms with E-state index in [0.717, 1.165) is 63.0 Å². The van der Waals surface area contributed by atoms with Gasteiger partial charge in [-0.3, -0.25) is 9.59 Å². The average molecular weight is 611 g/mol. The third-order valence-electron chi connectivity index (χ3n) is 7.51. The SMILES string of the molecule is CC(C)(C)OC(=O)NCCCCNC(=O)c1cc(Cl)ccc1C1CCN(CCN2C=COC(C3=CC=CC(=O)C3)=C2)CC1. The molecule has 1 aromatic carbocycles. The van der Waals surface area contributed by atoms with Crippen molar-refractivity contribution >= 4 is 29.4 Å². The van der Waals surface area contributed by atoms with Crippen molar-refractivity contribution in [1.82, 2.24) is 20.4 Å². The van der Waals surface area contributed by atoms with Crippen molar-refractivity contribution in [2.75, 3.05) is 39.3 Å². The molecule has 4 rings (SSSR count). The van der Waals surface area contributed by atoms with Crippen LogP contribution in [0.25, 0.3) is 0 Å². The number of unbranched alkanes of at least 4 members (excludes halogenated alkanes) is 1. The van der Waals surface area contributed by atoms with Crippen molar-refractivity contribution in [3.63, 3.8) is 0 Å². The Labute approximate surface area is 259 Å². The Bertz CT molecular complexity index is 1290. The predicted molar refractivity (Wildman–Crippen MR) is 168 cm³/mol. The number of piperidine rings is 1. The monoisotopic (exact) mass is 610 g/mol. The number of halogens is 1. The van der Waals surface area contributed by atoms with E-state index in [0.29, 0.717) is 35.9 Å². The zero-order chi connectivity index (χ0) is 30.8. The first-order valence-electron chi connectivity index (χ1n) is 15.1. The van der Waals surface area contributed by atoms with E-state index in [-0.39, 0.29) is 17.6 Å². The van der Waals surface area contributed by atoms with Gasteiger partial charge in [-0.05, 0) is 89.2 Å². The molecule has 2 heterocycles. The molecule has 0 spiro atoms. The fraction of sp³-hybridized carbons (Fsp3) is 0.485. The lowest BCUT2D eigenvalue weighted by Gasteiger charge is -2.34. The number of likely N-dealkylation sites (tertiary alicyclic amines) is 1. The van der Waals surface area contributed by atoms with Crippen molar-refractivity contribution in [3.8, 4) is 0 Å². The number of benzene rings is 1. The minimum Gasteiger partial charge on any atom is -0.462 e. The molecule has 1 aromatic rings. The molecule has 1 fully saturated rings. The van der Waals surface area contributed by atoms with Crippen LogP contribution in [0.4, 0.5) is 4.79 Å². The quantitative estimate of drug-likeness (QED) is 0.312. The van der Waals surface area contributed by atoms with Crippen LogP contribution in [0.1, 0.15) is 74.7 Å². The number of alkyl carbamates (subject to hydrolysis) is 1. The summed E-state index contributed by atoms with van der Waals surface area (Å²) >= 11 is 6.30. The molecule has 1 aliphatic carbocycles. The second-order valence-corrected chi connectivity index (χ2v) is 12.5. The molecule has 2 N–H and O–H groups in total. The number of allylic oxidation sites excluding steroid dienone is 4. The molecule has 0 radical (unpaired) electrons. The van der Waals surface area contributed by atoms with E-state index < -0.39 is 11.7 Å². The Kier molecular flexibility index (Phi) is 11.5. The van der Waals surface area contributed by atoms with Crippen molar-refractivity contribution in [1.29, 1.82) is 0 Å². The molecule has 9 nitrogen and oxygen atoms in total.